The summed E-state index contributed by atoms with van der Waals surface area (Å²) < 4.78 is 18.5. The summed E-state index contributed by atoms with van der Waals surface area (Å²) in [5.74, 6) is 0.551. The second-order valence-electron chi connectivity index (χ2n) is 6.69. The Morgan fingerprint density at radius 3 is 2.68 bits per heavy atom. The van der Waals surface area contributed by atoms with E-state index in [0.29, 0.717) is 41.1 Å². The number of hydrogen-bond acceptors (Lipinski definition) is 4. The van der Waals surface area contributed by atoms with Gasteiger partial charge in [0.2, 0.25) is 11.7 Å². The van der Waals surface area contributed by atoms with Crippen LogP contribution in [0.15, 0.2) is 53.1 Å². The van der Waals surface area contributed by atoms with Gasteiger partial charge in [-0.25, -0.2) is 9.18 Å². The van der Waals surface area contributed by atoms with E-state index in [4.69, 9.17) is 16.1 Å². The summed E-state index contributed by atoms with van der Waals surface area (Å²) in [4.78, 5) is 18.8. The number of carbonyl (C=O) groups is 1. The van der Waals surface area contributed by atoms with Gasteiger partial charge in [-0.3, -0.25) is 0 Å². The number of urea groups is 1. The quantitative estimate of drug-likeness (QED) is 0.675. The molecule has 0 saturated carbocycles. The lowest BCUT2D eigenvalue weighted by atomic mass is 9.98. The maximum Gasteiger partial charge on any atom is 0.321 e. The van der Waals surface area contributed by atoms with Crippen LogP contribution in [-0.2, 0) is 0 Å². The monoisotopic (exact) mass is 400 g/mol. The first-order valence-electron chi connectivity index (χ1n) is 8.99. The summed E-state index contributed by atoms with van der Waals surface area (Å²) in [6.45, 7) is 1.15. The maximum atomic E-state index is 13.1. The lowest BCUT2D eigenvalue weighted by Crippen LogP contribution is -2.41. The summed E-state index contributed by atoms with van der Waals surface area (Å²) in [7, 11) is 0. The van der Waals surface area contributed by atoms with Crippen LogP contribution in [0.4, 0.5) is 14.9 Å². The average Bonchev–Trinajstić information content (AvgIpc) is 3.21. The molecule has 28 heavy (non-hydrogen) atoms. The molecule has 0 spiro atoms. The molecule has 0 aliphatic carbocycles. The third-order valence-electron chi connectivity index (χ3n) is 4.70. The fourth-order valence-electron chi connectivity index (χ4n) is 3.22. The van der Waals surface area contributed by atoms with E-state index in [1.54, 1.807) is 41.3 Å². The van der Waals surface area contributed by atoms with E-state index in [9.17, 15) is 9.18 Å². The van der Waals surface area contributed by atoms with Gasteiger partial charge in [0.15, 0.2) is 0 Å². The highest BCUT2D eigenvalue weighted by Gasteiger charge is 2.28. The van der Waals surface area contributed by atoms with Crippen LogP contribution in [0.5, 0.6) is 0 Å². The summed E-state index contributed by atoms with van der Waals surface area (Å²) in [6, 6.07) is 12.7. The number of aromatic nitrogens is 2. The molecule has 3 aromatic rings. The van der Waals surface area contributed by atoms with E-state index in [1.807, 2.05) is 0 Å². The molecule has 1 fully saturated rings. The number of likely N-dealkylation sites (tertiary alicyclic amines) is 1. The summed E-state index contributed by atoms with van der Waals surface area (Å²) in [6.07, 6.45) is 1.70. The SMILES string of the molecule is O=C(Nc1ccc(Cl)cc1)N1CCC[C@@H](c2nc(-c3ccc(F)cc3)no2)C1. The number of rotatable bonds is 3. The zero-order valence-electron chi connectivity index (χ0n) is 14.9. The van der Waals surface area contributed by atoms with Crippen molar-refractivity contribution >= 4 is 23.3 Å². The van der Waals surface area contributed by atoms with Crippen molar-refractivity contribution in [1.82, 2.24) is 15.0 Å². The van der Waals surface area contributed by atoms with E-state index >= 15 is 0 Å². The van der Waals surface area contributed by atoms with E-state index in [-0.39, 0.29) is 17.8 Å². The third-order valence-corrected chi connectivity index (χ3v) is 4.95. The van der Waals surface area contributed by atoms with Crippen LogP contribution in [0.25, 0.3) is 11.4 Å². The van der Waals surface area contributed by atoms with Crippen LogP contribution in [0.3, 0.4) is 0 Å². The van der Waals surface area contributed by atoms with Crippen molar-refractivity contribution in [3.63, 3.8) is 0 Å². The molecule has 0 unspecified atom stereocenters. The normalized spacial score (nSPS) is 16.8. The molecule has 0 radical (unpaired) electrons. The van der Waals surface area contributed by atoms with Crippen LogP contribution >= 0.6 is 11.6 Å². The number of hydrogen-bond donors (Lipinski definition) is 1. The van der Waals surface area contributed by atoms with Crippen molar-refractivity contribution in [3.8, 4) is 11.4 Å². The summed E-state index contributed by atoms with van der Waals surface area (Å²) in [5.41, 5.74) is 1.37. The number of nitrogens with one attached hydrogen (secondary N) is 1. The molecule has 1 atom stereocenters. The Morgan fingerprint density at radius 2 is 1.93 bits per heavy atom. The van der Waals surface area contributed by atoms with Gasteiger partial charge in [0.25, 0.3) is 0 Å². The minimum atomic E-state index is -0.318. The van der Waals surface area contributed by atoms with Gasteiger partial charge in [-0.15, -0.1) is 0 Å². The van der Waals surface area contributed by atoms with E-state index < -0.39 is 0 Å². The molecule has 1 saturated heterocycles. The first-order valence-corrected chi connectivity index (χ1v) is 9.37. The molecule has 2 amide bonds. The third kappa shape index (κ3) is 4.14. The van der Waals surface area contributed by atoms with Gasteiger partial charge in [-0.05, 0) is 61.4 Å². The number of halogens is 2. The van der Waals surface area contributed by atoms with Crippen molar-refractivity contribution in [2.45, 2.75) is 18.8 Å². The Balaban J connectivity index is 1.43. The number of nitrogens with zero attached hydrogens (tertiary/aromatic N) is 3. The smallest absolute Gasteiger partial charge is 0.321 e. The van der Waals surface area contributed by atoms with Crippen LogP contribution in [0.2, 0.25) is 5.02 Å². The lowest BCUT2D eigenvalue weighted by molar-refractivity contribution is 0.184. The Bertz CT molecular complexity index is 959. The zero-order chi connectivity index (χ0) is 19.5. The Morgan fingerprint density at radius 1 is 1.18 bits per heavy atom. The molecular weight excluding hydrogens is 383 g/mol. The fourth-order valence-corrected chi connectivity index (χ4v) is 3.34. The molecule has 4 rings (SSSR count). The number of benzene rings is 2. The highest BCUT2D eigenvalue weighted by atomic mass is 35.5. The molecule has 0 bridgehead atoms. The average molecular weight is 401 g/mol. The van der Waals surface area contributed by atoms with E-state index in [2.05, 4.69) is 15.5 Å². The minimum Gasteiger partial charge on any atom is -0.339 e. The fraction of sp³-hybridized carbons (Fsp3) is 0.250. The van der Waals surface area contributed by atoms with Crippen LogP contribution in [-0.4, -0.2) is 34.2 Å². The van der Waals surface area contributed by atoms with Gasteiger partial charge in [-0.2, -0.15) is 4.98 Å². The Hall–Kier alpha value is -2.93. The van der Waals surface area contributed by atoms with Gasteiger partial charge in [0, 0.05) is 29.4 Å². The van der Waals surface area contributed by atoms with Crippen molar-refractivity contribution < 1.29 is 13.7 Å². The van der Waals surface area contributed by atoms with Gasteiger partial charge in [0.05, 0.1) is 5.92 Å². The highest BCUT2D eigenvalue weighted by molar-refractivity contribution is 6.30. The van der Waals surface area contributed by atoms with E-state index in [1.165, 1.54) is 12.1 Å². The molecule has 144 valence electrons. The molecule has 1 aromatic heterocycles. The summed E-state index contributed by atoms with van der Waals surface area (Å²) >= 11 is 5.87. The van der Waals surface area contributed by atoms with Crippen molar-refractivity contribution in [1.29, 1.82) is 0 Å². The Kier molecular flexibility index (Phi) is 5.25. The van der Waals surface area contributed by atoms with Crippen LogP contribution < -0.4 is 5.32 Å². The first-order chi connectivity index (χ1) is 13.6. The number of piperidine rings is 1. The predicted molar refractivity (Wildman–Crippen MR) is 104 cm³/mol. The van der Waals surface area contributed by atoms with Crippen molar-refractivity contribution in [2.75, 3.05) is 18.4 Å². The van der Waals surface area contributed by atoms with Gasteiger partial charge < -0.3 is 14.7 Å². The predicted octanol–water partition coefficient (Wildman–Crippen LogP) is 4.94. The topological polar surface area (TPSA) is 71.3 Å². The lowest BCUT2D eigenvalue weighted by Gasteiger charge is -2.31. The molecule has 6 nitrogen and oxygen atoms in total. The molecule has 1 aliphatic heterocycles. The summed E-state index contributed by atoms with van der Waals surface area (Å²) in [5, 5.41) is 7.49. The second-order valence-corrected chi connectivity index (χ2v) is 7.12. The Labute approximate surface area is 166 Å². The standard InChI is InChI=1S/C20H18ClFN4O2/c21-15-5-9-17(10-6-15)23-20(27)26-11-1-2-14(12-26)19-24-18(25-28-19)13-3-7-16(22)8-4-13/h3-10,14H,1-2,11-12H2,(H,23,27)/t14-/m1/s1. The van der Waals surface area contributed by atoms with Gasteiger partial charge in [-0.1, -0.05) is 16.8 Å². The maximum absolute atomic E-state index is 13.1. The number of carbonyl (C=O) groups excluding carboxylic acids is 1. The van der Waals surface area contributed by atoms with Gasteiger partial charge >= 0.3 is 6.03 Å². The molecule has 2 aromatic carbocycles. The molecular formula is C20H18ClFN4O2. The van der Waals surface area contributed by atoms with Crippen LogP contribution in [0.1, 0.15) is 24.7 Å². The first kappa shape index (κ1) is 18.4. The van der Waals surface area contributed by atoms with Gasteiger partial charge in [0.1, 0.15) is 5.82 Å². The largest absolute Gasteiger partial charge is 0.339 e. The molecule has 2 heterocycles. The second kappa shape index (κ2) is 7.98. The zero-order valence-corrected chi connectivity index (χ0v) is 15.7. The van der Waals surface area contributed by atoms with Crippen molar-refractivity contribution in [3.05, 3.63) is 65.3 Å². The highest BCUT2D eigenvalue weighted by Crippen LogP contribution is 2.28. The molecule has 1 aliphatic rings. The number of anilines is 1. The minimum absolute atomic E-state index is 0.0357. The van der Waals surface area contributed by atoms with E-state index in [0.717, 1.165) is 12.8 Å². The molecule has 8 heteroatoms. The van der Waals surface area contributed by atoms with Crippen molar-refractivity contribution in [2.24, 2.45) is 0 Å². The number of amides is 2. The van der Waals surface area contributed by atoms with Crippen LogP contribution in [0, 0.1) is 5.82 Å². The molecule has 1 N–H and O–H groups in total.